The second kappa shape index (κ2) is 3.36. The summed E-state index contributed by atoms with van der Waals surface area (Å²) < 4.78 is 4.38. The molecular formula is C6H10O6. The van der Waals surface area contributed by atoms with Crippen molar-refractivity contribution in [3.63, 3.8) is 0 Å². The first-order chi connectivity index (χ1) is 5.57. The third kappa shape index (κ3) is 1.42. The van der Waals surface area contributed by atoms with E-state index in [4.69, 9.17) is 20.4 Å². The van der Waals surface area contributed by atoms with E-state index in [1.807, 2.05) is 0 Å². The highest BCUT2D eigenvalue weighted by atomic mass is 16.6. The number of cyclic esters (lactones) is 1. The molecule has 6 nitrogen and oxygen atoms in total. The van der Waals surface area contributed by atoms with Crippen LogP contribution in [0, 0.1) is 0 Å². The van der Waals surface area contributed by atoms with Crippen molar-refractivity contribution in [2.24, 2.45) is 0 Å². The molecule has 1 aliphatic heterocycles. The summed E-state index contributed by atoms with van der Waals surface area (Å²) in [7, 11) is 0. The van der Waals surface area contributed by atoms with Crippen LogP contribution in [0.2, 0.25) is 0 Å². The van der Waals surface area contributed by atoms with E-state index in [0.717, 1.165) is 0 Å². The van der Waals surface area contributed by atoms with Crippen LogP contribution in [-0.2, 0) is 9.53 Å². The van der Waals surface area contributed by atoms with Gasteiger partial charge in [0.1, 0.15) is 12.2 Å². The summed E-state index contributed by atoms with van der Waals surface area (Å²) in [5.41, 5.74) is 0. The maximum Gasteiger partial charge on any atom is 0.338 e. The summed E-state index contributed by atoms with van der Waals surface area (Å²) in [5, 5.41) is 35.5. The monoisotopic (exact) mass is 178 g/mol. The van der Waals surface area contributed by atoms with E-state index in [-0.39, 0.29) is 0 Å². The van der Waals surface area contributed by atoms with Gasteiger partial charge in [-0.1, -0.05) is 0 Å². The fourth-order valence-corrected chi connectivity index (χ4v) is 0.980. The number of carbonyl (C=O) groups is 1. The molecule has 1 rings (SSSR count). The van der Waals surface area contributed by atoms with Crippen molar-refractivity contribution in [2.45, 2.75) is 24.4 Å². The maximum absolute atomic E-state index is 10.7. The fraction of sp³-hybridized carbons (Fsp3) is 0.833. The minimum atomic E-state index is -1.73. The predicted octanol–water partition coefficient (Wildman–Crippen LogP) is -3.01. The highest BCUT2D eigenvalue weighted by Crippen LogP contribution is 2.15. The Hall–Kier alpha value is -0.690. The zero-order chi connectivity index (χ0) is 9.30. The molecule has 0 spiro atoms. The number of carbonyl (C=O) groups excluding carboxylic acids is 1. The maximum atomic E-state index is 10.7. The van der Waals surface area contributed by atoms with E-state index < -0.39 is 37.0 Å². The molecule has 0 aromatic heterocycles. The summed E-state index contributed by atoms with van der Waals surface area (Å²) in [6, 6.07) is 0. The number of rotatable bonds is 1. The smallest absolute Gasteiger partial charge is 0.338 e. The average molecular weight is 178 g/mol. The summed E-state index contributed by atoms with van der Waals surface area (Å²) in [4.78, 5) is 10.7. The number of hydrogen-bond acceptors (Lipinski definition) is 6. The Morgan fingerprint density at radius 3 is 2.33 bits per heavy atom. The molecule has 1 heterocycles. The molecular weight excluding hydrogens is 168 g/mol. The topological polar surface area (TPSA) is 107 Å². The lowest BCUT2D eigenvalue weighted by atomic mass is 10.0. The third-order valence-electron chi connectivity index (χ3n) is 1.74. The van der Waals surface area contributed by atoms with Crippen LogP contribution in [0.15, 0.2) is 0 Å². The first-order valence-corrected chi connectivity index (χ1v) is 3.43. The number of ether oxygens (including phenoxy) is 1. The Bertz CT molecular complexity index is 179. The van der Waals surface area contributed by atoms with E-state index in [0.29, 0.717) is 0 Å². The first-order valence-electron chi connectivity index (χ1n) is 3.43. The van der Waals surface area contributed by atoms with Gasteiger partial charge in [0, 0.05) is 0 Å². The molecule has 6 heteroatoms. The summed E-state index contributed by atoms with van der Waals surface area (Å²) in [6.07, 6.45) is -5.93. The van der Waals surface area contributed by atoms with Crippen molar-refractivity contribution in [1.82, 2.24) is 0 Å². The third-order valence-corrected chi connectivity index (χ3v) is 1.74. The van der Waals surface area contributed by atoms with Gasteiger partial charge in [-0.3, -0.25) is 0 Å². The fourth-order valence-electron chi connectivity index (χ4n) is 0.980. The van der Waals surface area contributed by atoms with Gasteiger partial charge in [0.2, 0.25) is 0 Å². The van der Waals surface area contributed by atoms with Crippen LogP contribution >= 0.6 is 0 Å². The summed E-state index contributed by atoms with van der Waals surface area (Å²) >= 11 is 0. The SMILES string of the molecule is O=C1OC(CO)C(O)C(O)[C@H]1O. The molecule has 0 saturated carbocycles. The minimum absolute atomic E-state index is 0.587. The van der Waals surface area contributed by atoms with Crippen molar-refractivity contribution < 1.29 is 30.0 Å². The Morgan fingerprint density at radius 1 is 1.25 bits per heavy atom. The number of aliphatic hydroxyl groups is 4. The molecule has 4 atom stereocenters. The van der Waals surface area contributed by atoms with Crippen LogP contribution in [0.3, 0.4) is 0 Å². The Morgan fingerprint density at radius 2 is 1.83 bits per heavy atom. The second-order valence-electron chi connectivity index (χ2n) is 2.58. The van der Waals surface area contributed by atoms with Gasteiger partial charge in [-0.2, -0.15) is 0 Å². The quantitative estimate of drug-likeness (QED) is 0.318. The second-order valence-corrected chi connectivity index (χ2v) is 2.58. The number of aliphatic hydroxyl groups excluding tert-OH is 4. The Kier molecular flexibility index (Phi) is 2.63. The van der Waals surface area contributed by atoms with Crippen molar-refractivity contribution in [3.05, 3.63) is 0 Å². The molecule has 0 aromatic rings. The standard InChI is InChI=1S/C6H10O6/c7-1-2-3(8)4(9)5(10)6(11)12-2/h2-5,7-10H,1H2/t2?,3?,4?,5-/m1/s1. The van der Waals surface area contributed by atoms with E-state index in [1.54, 1.807) is 0 Å². The highest BCUT2D eigenvalue weighted by Gasteiger charge is 2.43. The molecule has 12 heavy (non-hydrogen) atoms. The van der Waals surface area contributed by atoms with Gasteiger partial charge in [0.15, 0.2) is 12.2 Å². The van der Waals surface area contributed by atoms with E-state index in [9.17, 15) is 4.79 Å². The molecule has 1 aliphatic rings. The minimum Gasteiger partial charge on any atom is -0.455 e. The lowest BCUT2D eigenvalue weighted by Gasteiger charge is -2.32. The number of hydrogen-bond donors (Lipinski definition) is 4. The molecule has 1 fully saturated rings. The van der Waals surface area contributed by atoms with Crippen molar-refractivity contribution in [3.8, 4) is 0 Å². The van der Waals surface area contributed by atoms with Crippen LogP contribution in [0.5, 0.6) is 0 Å². The lowest BCUT2D eigenvalue weighted by molar-refractivity contribution is -0.206. The predicted molar refractivity (Wildman–Crippen MR) is 35.0 cm³/mol. The largest absolute Gasteiger partial charge is 0.455 e. The molecule has 0 amide bonds. The van der Waals surface area contributed by atoms with Gasteiger partial charge >= 0.3 is 5.97 Å². The van der Waals surface area contributed by atoms with Crippen molar-refractivity contribution >= 4 is 5.97 Å². The highest BCUT2D eigenvalue weighted by molar-refractivity contribution is 5.76. The molecule has 0 aromatic carbocycles. The van der Waals surface area contributed by atoms with Crippen LogP contribution in [0.1, 0.15) is 0 Å². The van der Waals surface area contributed by atoms with Crippen molar-refractivity contribution in [2.75, 3.05) is 6.61 Å². The van der Waals surface area contributed by atoms with Crippen LogP contribution in [-0.4, -0.2) is 57.4 Å². The molecule has 4 N–H and O–H groups in total. The Balaban J connectivity index is 2.70. The molecule has 0 aliphatic carbocycles. The summed E-state index contributed by atoms with van der Waals surface area (Å²) in [6.45, 7) is -0.587. The molecule has 0 radical (unpaired) electrons. The van der Waals surface area contributed by atoms with E-state index in [1.165, 1.54) is 0 Å². The Labute approximate surface area is 68.0 Å². The van der Waals surface area contributed by atoms with Gasteiger partial charge in [-0.15, -0.1) is 0 Å². The zero-order valence-corrected chi connectivity index (χ0v) is 6.12. The van der Waals surface area contributed by atoms with Gasteiger partial charge in [0.05, 0.1) is 6.61 Å². The molecule has 0 bridgehead atoms. The summed E-state index contributed by atoms with van der Waals surface area (Å²) in [5.74, 6) is -1.04. The van der Waals surface area contributed by atoms with E-state index in [2.05, 4.69) is 4.74 Å². The average Bonchev–Trinajstić information content (AvgIpc) is 2.08. The lowest BCUT2D eigenvalue weighted by Crippen LogP contribution is -2.56. The van der Waals surface area contributed by atoms with Crippen LogP contribution in [0.4, 0.5) is 0 Å². The van der Waals surface area contributed by atoms with Gasteiger partial charge < -0.3 is 25.2 Å². The van der Waals surface area contributed by atoms with E-state index >= 15 is 0 Å². The van der Waals surface area contributed by atoms with Gasteiger partial charge in [0.25, 0.3) is 0 Å². The zero-order valence-electron chi connectivity index (χ0n) is 6.12. The number of esters is 1. The normalized spacial score (nSPS) is 42.5. The molecule has 3 unspecified atom stereocenters. The van der Waals surface area contributed by atoms with Gasteiger partial charge in [-0.05, 0) is 0 Å². The van der Waals surface area contributed by atoms with Crippen LogP contribution < -0.4 is 0 Å². The van der Waals surface area contributed by atoms with Gasteiger partial charge in [-0.25, -0.2) is 4.79 Å². The van der Waals surface area contributed by atoms with Crippen LogP contribution in [0.25, 0.3) is 0 Å². The van der Waals surface area contributed by atoms with Crippen molar-refractivity contribution in [1.29, 1.82) is 0 Å². The molecule has 70 valence electrons. The first kappa shape index (κ1) is 9.40. The molecule has 1 saturated heterocycles.